The van der Waals surface area contributed by atoms with Crippen molar-refractivity contribution in [3.63, 3.8) is 0 Å². The van der Waals surface area contributed by atoms with Crippen molar-refractivity contribution in [2.75, 3.05) is 6.44 Å². The summed E-state index contributed by atoms with van der Waals surface area (Å²) in [6.07, 6.45) is -1.35. The monoisotopic (exact) mass is 208 g/mol. The molecule has 0 aromatic carbocycles. The Morgan fingerprint density at radius 3 is 2.07 bits per heavy atom. The number of likely N-dealkylation sites (tertiary alicyclic amines) is 1. The number of carbonyl (C=O) groups excluding carboxylic acids is 2. The Morgan fingerprint density at radius 2 is 1.71 bits per heavy atom. The molecule has 2 amide bonds. The molecule has 0 radical (unpaired) electrons. The molecular weight excluding hydrogens is 198 g/mol. The van der Waals surface area contributed by atoms with Gasteiger partial charge in [0.1, 0.15) is 0 Å². The summed E-state index contributed by atoms with van der Waals surface area (Å²) in [6, 6.07) is 0. The van der Waals surface area contributed by atoms with Crippen LogP contribution in [0, 0.1) is 5.92 Å². The van der Waals surface area contributed by atoms with Crippen LogP contribution in [-0.2, 0) is 9.59 Å². The molecule has 7 heteroatoms. The summed E-state index contributed by atoms with van der Waals surface area (Å²) in [5, 5.41) is 0. The zero-order valence-corrected chi connectivity index (χ0v) is 7.67. The highest BCUT2D eigenvalue weighted by atomic mass is 19.4. The number of halogens is 3. The largest absolute Gasteiger partial charge is 0.497 e. The molecule has 0 N–H and O–H groups in total. The van der Waals surface area contributed by atoms with Gasteiger partial charge in [0.25, 0.3) is 0 Å². The molecule has 1 heterocycles. The summed E-state index contributed by atoms with van der Waals surface area (Å²) in [7, 11) is 0. The summed E-state index contributed by atoms with van der Waals surface area (Å²) < 4.78 is 36.0. The highest BCUT2D eigenvalue weighted by molar-refractivity contribution is 6.59. The lowest BCUT2D eigenvalue weighted by atomic mass is 9.88. The number of piperidine rings is 1. The number of hydrogen-bond acceptors (Lipinski definition) is 2. The highest BCUT2D eigenvalue weighted by Gasteiger charge is 2.36. The maximum atomic E-state index is 12.0. The van der Waals surface area contributed by atoms with Crippen molar-refractivity contribution >= 4 is 18.8 Å². The third-order valence-corrected chi connectivity index (χ3v) is 2.04. The maximum absolute atomic E-state index is 12.0. The van der Waals surface area contributed by atoms with Crippen LogP contribution in [0.1, 0.15) is 19.8 Å². The smallest absolute Gasteiger partial charge is 0.448 e. The van der Waals surface area contributed by atoms with E-state index in [0.717, 1.165) is 0 Å². The van der Waals surface area contributed by atoms with Crippen molar-refractivity contribution in [2.45, 2.75) is 19.8 Å². The summed E-state index contributed by atoms with van der Waals surface area (Å²) in [5.41, 5.74) is 0. The second-order valence-corrected chi connectivity index (χ2v) is 3.62. The third-order valence-electron chi connectivity index (χ3n) is 2.04. The van der Waals surface area contributed by atoms with Gasteiger partial charge in [-0.2, -0.15) is 0 Å². The van der Waals surface area contributed by atoms with Crippen LogP contribution in [0.5, 0.6) is 0 Å². The molecule has 1 rings (SSSR count). The molecular formula is C7H10BF3NO2-. The molecule has 1 saturated heterocycles. The van der Waals surface area contributed by atoms with Crippen molar-refractivity contribution in [2.24, 2.45) is 5.92 Å². The van der Waals surface area contributed by atoms with Gasteiger partial charge in [0.2, 0.25) is 11.8 Å². The fourth-order valence-electron chi connectivity index (χ4n) is 1.44. The average Bonchev–Trinajstić information content (AvgIpc) is 1.95. The highest BCUT2D eigenvalue weighted by Crippen LogP contribution is 2.21. The van der Waals surface area contributed by atoms with E-state index in [-0.39, 0.29) is 18.8 Å². The van der Waals surface area contributed by atoms with E-state index < -0.39 is 25.2 Å². The van der Waals surface area contributed by atoms with Crippen LogP contribution in [0.4, 0.5) is 12.9 Å². The van der Waals surface area contributed by atoms with E-state index in [0.29, 0.717) is 4.90 Å². The standard InChI is InChI=1S/C7H10BF3NO2/c1-5-2-6(13)12(7(14)3-5)4-8(9,10)11/h5H,2-4H2,1H3/q-1. The number of imide groups is 1. The molecule has 0 unspecified atom stereocenters. The number of hydrogen-bond donors (Lipinski definition) is 0. The Labute approximate surface area is 79.3 Å². The van der Waals surface area contributed by atoms with E-state index in [9.17, 15) is 22.5 Å². The molecule has 3 nitrogen and oxygen atoms in total. The molecule has 0 spiro atoms. The minimum Gasteiger partial charge on any atom is -0.448 e. The minimum atomic E-state index is -5.12. The van der Waals surface area contributed by atoms with Gasteiger partial charge in [-0.3, -0.25) is 9.59 Å². The van der Waals surface area contributed by atoms with Gasteiger partial charge in [-0.05, 0) is 12.4 Å². The van der Waals surface area contributed by atoms with E-state index in [1.807, 2.05) is 0 Å². The van der Waals surface area contributed by atoms with E-state index in [4.69, 9.17) is 0 Å². The van der Waals surface area contributed by atoms with Crippen molar-refractivity contribution in [3.05, 3.63) is 0 Å². The SMILES string of the molecule is CC1CC(=O)N(C[B-](F)(F)F)C(=O)C1. The van der Waals surface area contributed by atoms with Gasteiger partial charge < -0.3 is 17.8 Å². The Morgan fingerprint density at radius 1 is 1.29 bits per heavy atom. The molecule has 0 aromatic rings. The van der Waals surface area contributed by atoms with E-state index in [1.54, 1.807) is 6.92 Å². The van der Waals surface area contributed by atoms with Gasteiger partial charge >= 0.3 is 6.98 Å². The number of carbonyl (C=O) groups is 2. The maximum Gasteiger partial charge on any atom is 0.497 e. The first-order valence-electron chi connectivity index (χ1n) is 4.34. The molecule has 0 atom stereocenters. The van der Waals surface area contributed by atoms with Crippen LogP contribution >= 0.6 is 0 Å². The first-order chi connectivity index (χ1) is 6.29. The molecule has 1 fully saturated rings. The fraction of sp³-hybridized carbons (Fsp3) is 0.714. The van der Waals surface area contributed by atoms with E-state index in [2.05, 4.69) is 0 Å². The first kappa shape index (κ1) is 11.1. The van der Waals surface area contributed by atoms with Crippen LogP contribution in [0.25, 0.3) is 0 Å². The molecule has 1 aliphatic heterocycles. The van der Waals surface area contributed by atoms with Gasteiger partial charge in [0, 0.05) is 12.8 Å². The van der Waals surface area contributed by atoms with Crippen molar-refractivity contribution in [3.8, 4) is 0 Å². The second-order valence-electron chi connectivity index (χ2n) is 3.62. The Balaban J connectivity index is 2.68. The fourth-order valence-corrected chi connectivity index (χ4v) is 1.44. The Bertz CT molecular complexity index is 248. The first-order valence-corrected chi connectivity index (χ1v) is 4.34. The molecule has 1 aliphatic rings. The summed E-state index contributed by atoms with van der Waals surface area (Å²) in [6.45, 7) is -3.45. The average molecular weight is 208 g/mol. The molecule has 14 heavy (non-hydrogen) atoms. The predicted molar refractivity (Wildman–Crippen MR) is 44.2 cm³/mol. The van der Waals surface area contributed by atoms with Crippen molar-refractivity contribution in [1.29, 1.82) is 0 Å². The van der Waals surface area contributed by atoms with Crippen molar-refractivity contribution in [1.82, 2.24) is 4.90 Å². The van der Waals surface area contributed by atoms with Gasteiger partial charge in [0.05, 0.1) is 0 Å². The van der Waals surface area contributed by atoms with Crippen LogP contribution < -0.4 is 0 Å². The van der Waals surface area contributed by atoms with E-state index >= 15 is 0 Å². The predicted octanol–water partition coefficient (Wildman–Crippen LogP) is 1.16. The van der Waals surface area contributed by atoms with Crippen molar-refractivity contribution < 1.29 is 22.5 Å². The summed E-state index contributed by atoms with van der Waals surface area (Å²) >= 11 is 0. The zero-order chi connectivity index (χ0) is 10.9. The van der Waals surface area contributed by atoms with Gasteiger partial charge in [-0.25, -0.2) is 0 Å². The van der Waals surface area contributed by atoms with Gasteiger partial charge in [-0.15, -0.1) is 0 Å². The lowest BCUT2D eigenvalue weighted by Gasteiger charge is -2.31. The topological polar surface area (TPSA) is 37.4 Å². The number of nitrogens with zero attached hydrogens (tertiary/aromatic N) is 1. The minimum absolute atomic E-state index is 0.0257. The van der Waals surface area contributed by atoms with Gasteiger partial charge in [0.15, 0.2) is 0 Å². The normalized spacial score (nSPS) is 20.4. The van der Waals surface area contributed by atoms with Crippen LogP contribution in [0.2, 0.25) is 0 Å². The van der Waals surface area contributed by atoms with Crippen LogP contribution in [-0.4, -0.2) is 30.1 Å². The molecule has 80 valence electrons. The van der Waals surface area contributed by atoms with Gasteiger partial charge in [-0.1, -0.05) is 6.92 Å². The van der Waals surface area contributed by atoms with E-state index in [1.165, 1.54) is 0 Å². The quantitative estimate of drug-likeness (QED) is 0.504. The lowest BCUT2D eigenvalue weighted by molar-refractivity contribution is -0.149. The Kier molecular flexibility index (Phi) is 2.87. The number of amides is 2. The molecule has 0 aromatic heterocycles. The number of rotatable bonds is 2. The summed E-state index contributed by atoms with van der Waals surface area (Å²) in [4.78, 5) is 22.5. The Hall–Kier alpha value is -1.01. The third kappa shape index (κ3) is 2.75. The zero-order valence-electron chi connectivity index (χ0n) is 7.67. The second kappa shape index (κ2) is 3.63. The van der Waals surface area contributed by atoms with Crippen LogP contribution in [0.3, 0.4) is 0 Å². The molecule has 0 saturated carbocycles. The molecule has 0 bridgehead atoms. The van der Waals surface area contributed by atoms with Crippen LogP contribution in [0.15, 0.2) is 0 Å². The summed E-state index contributed by atoms with van der Waals surface area (Å²) in [5.74, 6) is -1.58. The lowest BCUT2D eigenvalue weighted by Crippen LogP contribution is -2.49. The molecule has 0 aliphatic carbocycles.